The van der Waals surface area contributed by atoms with Crippen molar-refractivity contribution in [2.24, 2.45) is 5.92 Å². The average molecular weight is 517 g/mol. The third-order valence-electron chi connectivity index (χ3n) is 5.43. The standard InChI is InChI=1S/C22H24BrF2O3PS/c1-13(2)22(3,4)28-29(26,27)18(12-14-9-10-16(24)17(25)11-14)21-20(23)15-7-5-6-8-19(15)30-21/h5-11,13,18H,12H2,1-4H3,(H,26,27). The largest absolute Gasteiger partial charge is 0.337 e. The number of halogens is 3. The summed E-state index contributed by atoms with van der Waals surface area (Å²) in [4.78, 5) is 11.7. The first-order valence-electron chi connectivity index (χ1n) is 9.56. The molecule has 1 heterocycles. The number of hydrogen-bond acceptors (Lipinski definition) is 3. The monoisotopic (exact) mass is 516 g/mol. The molecule has 0 saturated carbocycles. The summed E-state index contributed by atoms with van der Waals surface area (Å²) in [5, 5.41) is 0.927. The van der Waals surface area contributed by atoms with Crippen LogP contribution < -0.4 is 0 Å². The van der Waals surface area contributed by atoms with Crippen molar-refractivity contribution in [2.75, 3.05) is 0 Å². The fourth-order valence-corrected chi connectivity index (χ4v) is 7.69. The van der Waals surface area contributed by atoms with Crippen molar-refractivity contribution >= 4 is 44.9 Å². The van der Waals surface area contributed by atoms with Crippen LogP contribution in [-0.4, -0.2) is 10.5 Å². The molecule has 0 aliphatic heterocycles. The highest BCUT2D eigenvalue weighted by molar-refractivity contribution is 9.10. The number of rotatable bonds is 7. The van der Waals surface area contributed by atoms with E-state index in [4.69, 9.17) is 4.52 Å². The lowest BCUT2D eigenvalue weighted by Gasteiger charge is -2.34. The molecular weight excluding hydrogens is 493 g/mol. The third kappa shape index (κ3) is 4.86. The van der Waals surface area contributed by atoms with Crippen molar-refractivity contribution in [2.45, 2.75) is 45.4 Å². The Labute approximate surface area is 187 Å². The normalized spacial score (nSPS) is 15.5. The Bertz CT molecular complexity index is 1110. The van der Waals surface area contributed by atoms with Crippen molar-refractivity contribution in [3.05, 3.63) is 69.0 Å². The molecule has 0 aliphatic rings. The van der Waals surface area contributed by atoms with Crippen LogP contribution >= 0.6 is 34.9 Å². The van der Waals surface area contributed by atoms with Crippen LogP contribution in [0.1, 0.15) is 43.8 Å². The van der Waals surface area contributed by atoms with Crippen molar-refractivity contribution in [3.63, 3.8) is 0 Å². The Balaban J connectivity index is 2.11. The zero-order valence-electron chi connectivity index (χ0n) is 17.2. The van der Waals surface area contributed by atoms with E-state index in [2.05, 4.69) is 15.9 Å². The number of thiophene rings is 1. The van der Waals surface area contributed by atoms with Gasteiger partial charge in [0.15, 0.2) is 11.6 Å². The topological polar surface area (TPSA) is 46.5 Å². The van der Waals surface area contributed by atoms with Gasteiger partial charge in [0.2, 0.25) is 0 Å². The molecule has 3 nitrogen and oxygen atoms in total. The number of benzene rings is 2. The van der Waals surface area contributed by atoms with Gasteiger partial charge in [0, 0.05) is 19.4 Å². The Kier molecular flexibility index (Phi) is 6.90. The molecule has 0 aliphatic carbocycles. The van der Waals surface area contributed by atoms with Crippen LogP contribution in [0.4, 0.5) is 8.78 Å². The fourth-order valence-electron chi connectivity index (χ4n) is 3.00. The molecule has 0 amide bonds. The Hall–Kier alpha value is -1.11. The predicted molar refractivity (Wildman–Crippen MR) is 122 cm³/mol. The quantitative estimate of drug-likeness (QED) is 0.325. The number of fused-ring (bicyclic) bond motifs is 1. The van der Waals surface area contributed by atoms with Crippen LogP contribution in [0.2, 0.25) is 0 Å². The van der Waals surface area contributed by atoms with Crippen LogP contribution in [0.5, 0.6) is 0 Å². The Morgan fingerprint density at radius 2 is 1.83 bits per heavy atom. The van der Waals surface area contributed by atoms with E-state index in [-0.39, 0.29) is 12.3 Å². The summed E-state index contributed by atoms with van der Waals surface area (Å²) in [7, 11) is -4.21. The van der Waals surface area contributed by atoms with Gasteiger partial charge < -0.3 is 9.42 Å². The van der Waals surface area contributed by atoms with Gasteiger partial charge in [0.1, 0.15) is 5.66 Å². The smallest absolute Gasteiger partial charge is 0.324 e. The summed E-state index contributed by atoms with van der Waals surface area (Å²) in [6.45, 7) is 7.38. The minimum Gasteiger partial charge on any atom is -0.324 e. The maximum atomic E-state index is 13.8. The van der Waals surface area contributed by atoms with Gasteiger partial charge in [0.05, 0.1) is 5.60 Å². The second-order valence-corrected chi connectivity index (χ2v) is 12.0. The van der Waals surface area contributed by atoms with Gasteiger partial charge in [-0.2, -0.15) is 0 Å². The molecule has 0 fully saturated rings. The van der Waals surface area contributed by atoms with Crippen molar-refractivity contribution in [3.8, 4) is 0 Å². The van der Waals surface area contributed by atoms with Gasteiger partial charge in [0.25, 0.3) is 0 Å². The summed E-state index contributed by atoms with van der Waals surface area (Å²) >= 11 is 4.97. The summed E-state index contributed by atoms with van der Waals surface area (Å²) in [5.74, 6) is -1.95. The summed E-state index contributed by atoms with van der Waals surface area (Å²) in [5.41, 5.74) is -1.37. The highest BCUT2D eigenvalue weighted by Gasteiger charge is 2.42. The van der Waals surface area contributed by atoms with E-state index in [9.17, 15) is 18.2 Å². The molecule has 3 aromatic rings. The first kappa shape index (κ1) is 23.6. The highest BCUT2D eigenvalue weighted by atomic mass is 79.9. The molecule has 162 valence electrons. The average Bonchev–Trinajstić information content (AvgIpc) is 2.98. The minimum absolute atomic E-state index is 0.00672. The van der Waals surface area contributed by atoms with E-state index in [1.165, 1.54) is 17.4 Å². The van der Waals surface area contributed by atoms with Gasteiger partial charge in [-0.3, -0.25) is 4.57 Å². The Morgan fingerprint density at radius 1 is 1.17 bits per heavy atom. The molecule has 1 N–H and O–H groups in total. The van der Waals surface area contributed by atoms with Crippen LogP contribution in [0.15, 0.2) is 46.9 Å². The van der Waals surface area contributed by atoms with E-state index < -0.39 is 30.5 Å². The highest BCUT2D eigenvalue weighted by Crippen LogP contribution is 2.63. The van der Waals surface area contributed by atoms with Gasteiger partial charge in [-0.05, 0) is 65.9 Å². The molecule has 8 heteroatoms. The number of hydrogen-bond donors (Lipinski definition) is 1. The van der Waals surface area contributed by atoms with Gasteiger partial charge in [-0.25, -0.2) is 8.78 Å². The minimum atomic E-state index is -4.21. The molecular formula is C22H24BrF2O3PS. The van der Waals surface area contributed by atoms with Crippen LogP contribution in [0.3, 0.4) is 0 Å². The third-order valence-corrected chi connectivity index (χ3v) is 9.96. The van der Waals surface area contributed by atoms with E-state index in [0.29, 0.717) is 10.4 Å². The molecule has 0 bridgehead atoms. The zero-order valence-corrected chi connectivity index (χ0v) is 20.5. The second kappa shape index (κ2) is 8.79. The molecule has 0 radical (unpaired) electrons. The fraction of sp³-hybridized carbons (Fsp3) is 0.364. The maximum Gasteiger partial charge on any atom is 0.337 e. The summed E-state index contributed by atoms with van der Waals surface area (Å²) < 4.78 is 48.3. The van der Waals surface area contributed by atoms with E-state index in [1.54, 1.807) is 13.8 Å². The molecule has 2 aromatic carbocycles. The molecule has 1 aromatic heterocycles. The lowest BCUT2D eigenvalue weighted by molar-refractivity contribution is 0.0449. The van der Waals surface area contributed by atoms with E-state index in [0.717, 1.165) is 26.7 Å². The zero-order chi connectivity index (χ0) is 22.3. The van der Waals surface area contributed by atoms with Gasteiger partial charge >= 0.3 is 7.60 Å². The van der Waals surface area contributed by atoms with Crippen molar-refractivity contribution in [1.82, 2.24) is 0 Å². The van der Waals surface area contributed by atoms with Crippen molar-refractivity contribution in [1.29, 1.82) is 0 Å². The summed E-state index contributed by atoms with van der Waals surface area (Å²) in [6, 6.07) is 11.2. The first-order valence-corrected chi connectivity index (χ1v) is 12.8. The van der Waals surface area contributed by atoms with Crippen LogP contribution in [0.25, 0.3) is 10.1 Å². The van der Waals surface area contributed by atoms with Crippen LogP contribution in [-0.2, 0) is 15.5 Å². The summed E-state index contributed by atoms with van der Waals surface area (Å²) in [6.07, 6.45) is 0.0323. The molecule has 3 rings (SSSR count). The predicted octanol–water partition coefficient (Wildman–Crippen LogP) is 7.86. The SMILES string of the molecule is CC(C)C(C)(C)OP(=O)(O)C(Cc1ccc(F)c(F)c1)c1sc2ccccc2c1Br. The maximum absolute atomic E-state index is 13.8. The van der Waals surface area contributed by atoms with Crippen molar-refractivity contribution < 1.29 is 22.8 Å². The van der Waals surface area contributed by atoms with Crippen LogP contribution in [0, 0.1) is 17.6 Å². The Morgan fingerprint density at radius 3 is 2.43 bits per heavy atom. The molecule has 0 spiro atoms. The van der Waals surface area contributed by atoms with E-state index >= 15 is 0 Å². The van der Waals surface area contributed by atoms with E-state index in [1.807, 2.05) is 38.1 Å². The lowest BCUT2D eigenvalue weighted by atomic mass is 9.95. The second-order valence-electron chi connectivity index (χ2n) is 8.16. The lowest BCUT2D eigenvalue weighted by Crippen LogP contribution is -2.30. The molecule has 2 atom stereocenters. The van der Waals surface area contributed by atoms with Gasteiger partial charge in [-0.15, -0.1) is 11.3 Å². The molecule has 30 heavy (non-hydrogen) atoms. The first-order chi connectivity index (χ1) is 13.9. The molecule has 2 unspecified atom stereocenters. The van der Waals surface area contributed by atoms with Gasteiger partial charge in [-0.1, -0.05) is 38.1 Å². The molecule has 0 saturated heterocycles.